The van der Waals surface area contributed by atoms with Crippen molar-refractivity contribution in [1.82, 2.24) is 5.32 Å². The Morgan fingerprint density at radius 1 is 1.09 bits per heavy atom. The third-order valence-electron chi connectivity index (χ3n) is 1.89. The summed E-state index contributed by atoms with van der Waals surface area (Å²) >= 11 is 5.16. The molecule has 2 heteroatoms. The molecule has 1 nitrogen and oxygen atoms in total. The quantitative estimate of drug-likeness (QED) is 0.430. The summed E-state index contributed by atoms with van der Waals surface area (Å²) in [5, 5.41) is 3.22. The minimum Gasteiger partial charge on any atom is -0.369 e. The highest BCUT2D eigenvalue weighted by atomic mass is 32.1. The van der Waals surface area contributed by atoms with E-state index in [2.05, 4.69) is 35.7 Å². The van der Waals surface area contributed by atoms with Crippen LogP contribution in [0.4, 0.5) is 0 Å². The zero-order valence-electron chi connectivity index (χ0n) is 6.03. The molecule has 2 aliphatic heterocycles. The van der Waals surface area contributed by atoms with Crippen LogP contribution in [0.3, 0.4) is 0 Å². The minimum absolute atomic E-state index is 0.309. The van der Waals surface area contributed by atoms with E-state index in [1.807, 2.05) is 6.08 Å². The fourth-order valence-corrected chi connectivity index (χ4v) is 1.56. The Kier molecular flexibility index (Phi) is 1.62. The Labute approximate surface area is 71.5 Å². The average Bonchev–Trinajstić information content (AvgIpc) is 1.92. The maximum absolute atomic E-state index is 5.16. The summed E-state index contributed by atoms with van der Waals surface area (Å²) in [6.45, 7) is 0. The van der Waals surface area contributed by atoms with Crippen molar-refractivity contribution in [3.63, 3.8) is 0 Å². The Bertz CT molecular complexity index is 263. The Morgan fingerprint density at radius 3 is 2.73 bits per heavy atom. The maximum Gasteiger partial charge on any atom is 0.0868 e. The summed E-state index contributed by atoms with van der Waals surface area (Å²) in [6, 6.07) is 0.309. The highest BCUT2D eigenvalue weighted by Crippen LogP contribution is 2.13. The van der Waals surface area contributed by atoms with E-state index < -0.39 is 0 Å². The van der Waals surface area contributed by atoms with Crippen LogP contribution in [-0.2, 0) is 0 Å². The van der Waals surface area contributed by atoms with Gasteiger partial charge in [0, 0.05) is 5.92 Å². The molecule has 3 rings (SSSR count). The highest BCUT2D eigenvalue weighted by Gasteiger charge is 2.16. The van der Waals surface area contributed by atoms with Crippen LogP contribution in [0.1, 0.15) is 0 Å². The molecule has 0 aromatic rings. The van der Waals surface area contributed by atoms with Gasteiger partial charge >= 0.3 is 0 Å². The van der Waals surface area contributed by atoms with Crippen molar-refractivity contribution in [2.75, 3.05) is 0 Å². The zero-order chi connectivity index (χ0) is 7.68. The van der Waals surface area contributed by atoms with Gasteiger partial charge < -0.3 is 5.32 Å². The van der Waals surface area contributed by atoms with Crippen LogP contribution in [0.2, 0.25) is 0 Å². The Morgan fingerprint density at radius 2 is 1.91 bits per heavy atom. The standard InChI is InChI=1S/C9H9NS/c11-9-7-3-1-2-4-8(10-9)6-5-7/h1-8H,(H,10,11)/t7-,8+/m0/s1. The number of allylic oxidation sites excluding steroid dienone is 2. The Hall–Kier alpha value is -0.890. The molecule has 0 unspecified atom stereocenters. The smallest absolute Gasteiger partial charge is 0.0868 e. The van der Waals surface area contributed by atoms with E-state index in [9.17, 15) is 0 Å². The summed E-state index contributed by atoms with van der Waals surface area (Å²) in [5.74, 6) is 0.311. The van der Waals surface area contributed by atoms with E-state index >= 15 is 0 Å². The molecule has 1 N–H and O–H groups in total. The fourth-order valence-electron chi connectivity index (χ4n) is 1.27. The molecule has 3 aliphatic rings. The van der Waals surface area contributed by atoms with Crippen molar-refractivity contribution >= 4 is 17.2 Å². The van der Waals surface area contributed by atoms with Crippen molar-refractivity contribution in [2.45, 2.75) is 6.04 Å². The lowest BCUT2D eigenvalue weighted by Gasteiger charge is -2.23. The molecule has 0 fully saturated rings. The fraction of sp³-hybridized carbons (Fsp3) is 0.222. The van der Waals surface area contributed by atoms with Crippen LogP contribution >= 0.6 is 12.2 Å². The lowest BCUT2D eigenvalue weighted by Crippen LogP contribution is -2.38. The number of nitrogens with one attached hydrogen (secondary N) is 1. The molecular weight excluding hydrogens is 154 g/mol. The molecule has 0 aromatic carbocycles. The summed E-state index contributed by atoms with van der Waals surface area (Å²) in [5.41, 5.74) is 0. The van der Waals surface area contributed by atoms with Crippen molar-refractivity contribution in [2.24, 2.45) is 5.92 Å². The first kappa shape index (κ1) is 6.80. The van der Waals surface area contributed by atoms with Gasteiger partial charge in [0.15, 0.2) is 0 Å². The summed E-state index contributed by atoms with van der Waals surface area (Å²) in [6.07, 6.45) is 12.6. The van der Waals surface area contributed by atoms with Crippen LogP contribution in [0.5, 0.6) is 0 Å². The van der Waals surface area contributed by atoms with Gasteiger partial charge in [-0.25, -0.2) is 0 Å². The number of rotatable bonds is 0. The number of hydrogen-bond acceptors (Lipinski definition) is 1. The topological polar surface area (TPSA) is 12.0 Å². The average molecular weight is 163 g/mol. The van der Waals surface area contributed by atoms with Gasteiger partial charge in [0.2, 0.25) is 0 Å². The van der Waals surface area contributed by atoms with Crippen molar-refractivity contribution in [3.8, 4) is 0 Å². The van der Waals surface area contributed by atoms with E-state index in [0.29, 0.717) is 12.0 Å². The molecule has 1 aliphatic carbocycles. The van der Waals surface area contributed by atoms with E-state index in [0.717, 1.165) is 4.99 Å². The lowest BCUT2D eigenvalue weighted by atomic mass is 10.00. The molecule has 2 bridgehead atoms. The second kappa shape index (κ2) is 2.62. The first-order chi connectivity index (χ1) is 5.36. The summed E-state index contributed by atoms with van der Waals surface area (Å²) in [4.78, 5) is 0.929. The number of hydrogen-bond donors (Lipinski definition) is 1. The summed E-state index contributed by atoms with van der Waals surface area (Å²) in [7, 11) is 0. The van der Waals surface area contributed by atoms with Crippen molar-refractivity contribution in [1.29, 1.82) is 0 Å². The van der Waals surface area contributed by atoms with Gasteiger partial charge in [0.1, 0.15) is 0 Å². The van der Waals surface area contributed by atoms with Gasteiger partial charge in [0.25, 0.3) is 0 Å². The van der Waals surface area contributed by atoms with Gasteiger partial charge in [0.05, 0.1) is 11.0 Å². The predicted octanol–water partition coefficient (Wildman–Crippen LogP) is 1.58. The van der Waals surface area contributed by atoms with Crippen molar-refractivity contribution < 1.29 is 0 Å². The van der Waals surface area contributed by atoms with E-state index in [1.165, 1.54) is 0 Å². The first-order valence-corrected chi connectivity index (χ1v) is 4.11. The normalized spacial score (nSPS) is 33.3. The van der Waals surface area contributed by atoms with Crippen LogP contribution in [0.15, 0.2) is 36.5 Å². The summed E-state index contributed by atoms with van der Waals surface area (Å²) < 4.78 is 0. The first-order valence-electron chi connectivity index (χ1n) is 3.70. The molecule has 56 valence electrons. The second-order valence-electron chi connectivity index (χ2n) is 2.71. The zero-order valence-corrected chi connectivity index (χ0v) is 6.84. The van der Waals surface area contributed by atoms with Gasteiger partial charge in [-0.1, -0.05) is 48.7 Å². The van der Waals surface area contributed by atoms with Crippen molar-refractivity contribution in [3.05, 3.63) is 36.5 Å². The molecule has 0 amide bonds. The third kappa shape index (κ3) is 1.26. The monoisotopic (exact) mass is 163 g/mol. The van der Waals surface area contributed by atoms with Crippen LogP contribution < -0.4 is 5.32 Å². The largest absolute Gasteiger partial charge is 0.369 e. The molecule has 11 heavy (non-hydrogen) atoms. The maximum atomic E-state index is 5.16. The van der Waals surface area contributed by atoms with E-state index in [1.54, 1.807) is 0 Å². The van der Waals surface area contributed by atoms with Crippen LogP contribution in [-0.4, -0.2) is 11.0 Å². The lowest BCUT2D eigenvalue weighted by molar-refractivity contribution is 0.817. The Balaban J connectivity index is 2.38. The third-order valence-corrected chi connectivity index (χ3v) is 2.28. The second-order valence-corrected chi connectivity index (χ2v) is 3.15. The van der Waals surface area contributed by atoms with Crippen LogP contribution in [0.25, 0.3) is 0 Å². The molecule has 2 heterocycles. The number of fused-ring (bicyclic) bond motifs is 2. The molecule has 0 radical (unpaired) electrons. The molecule has 0 saturated heterocycles. The SMILES string of the molecule is S=C1N[C@@H]2C=CC=C[C@H]1C=C2. The molecule has 0 aromatic heterocycles. The van der Waals surface area contributed by atoms with E-state index in [4.69, 9.17) is 12.2 Å². The minimum atomic E-state index is 0.309. The predicted molar refractivity (Wildman–Crippen MR) is 50.4 cm³/mol. The van der Waals surface area contributed by atoms with E-state index in [-0.39, 0.29) is 0 Å². The molecule has 0 spiro atoms. The van der Waals surface area contributed by atoms with Gasteiger partial charge in [-0.05, 0) is 0 Å². The van der Waals surface area contributed by atoms with Gasteiger partial charge in [-0.3, -0.25) is 0 Å². The molecule has 0 saturated carbocycles. The number of thiocarbonyl (C=S) groups is 1. The van der Waals surface area contributed by atoms with Crippen LogP contribution in [0, 0.1) is 5.92 Å². The van der Waals surface area contributed by atoms with Gasteiger partial charge in [-0.15, -0.1) is 0 Å². The van der Waals surface area contributed by atoms with Gasteiger partial charge in [-0.2, -0.15) is 0 Å². The molecule has 2 atom stereocenters. The highest BCUT2D eigenvalue weighted by molar-refractivity contribution is 7.80. The molecular formula is C9H9NS.